The van der Waals surface area contributed by atoms with E-state index in [4.69, 9.17) is 0 Å². The number of ketones is 1. The molecule has 8 aliphatic rings. The number of fused-ring (bicyclic) bond motifs is 8. The van der Waals surface area contributed by atoms with Crippen molar-refractivity contribution in [1.82, 2.24) is 0 Å². The third-order valence-corrected chi connectivity index (χ3v) is 16.4. The summed E-state index contributed by atoms with van der Waals surface area (Å²) in [4.78, 5) is 14.9. The van der Waals surface area contributed by atoms with Crippen LogP contribution < -0.4 is 0 Å². The van der Waals surface area contributed by atoms with E-state index >= 15 is 0 Å². The highest BCUT2D eigenvalue weighted by atomic mass is 16.3. The number of hydrogen-bond acceptors (Lipinski definition) is 6. The summed E-state index contributed by atoms with van der Waals surface area (Å²) in [5.41, 5.74) is -2.06. The largest absolute Gasteiger partial charge is 0.394 e. The average molecular weight is 609 g/mol. The Hall–Kier alpha value is -1.23. The lowest BCUT2D eigenvalue weighted by molar-refractivity contribution is -0.259. The van der Waals surface area contributed by atoms with E-state index in [1.54, 1.807) is 0 Å². The van der Waals surface area contributed by atoms with Gasteiger partial charge >= 0.3 is 0 Å². The molecule has 0 heterocycles. The van der Waals surface area contributed by atoms with Crippen molar-refractivity contribution in [1.29, 1.82) is 0 Å². The van der Waals surface area contributed by atoms with E-state index in [2.05, 4.69) is 39.5 Å². The summed E-state index contributed by atoms with van der Waals surface area (Å²) in [6.07, 6.45) is 9.46. The topological polar surface area (TPSA) is 118 Å². The van der Waals surface area contributed by atoms with Crippen LogP contribution in [0, 0.1) is 67.5 Å². The van der Waals surface area contributed by atoms with Crippen LogP contribution in [0.2, 0.25) is 0 Å². The molecule has 5 fully saturated rings. The number of rotatable bonds is 2. The Morgan fingerprint density at radius 2 is 1.64 bits per heavy atom. The summed E-state index contributed by atoms with van der Waals surface area (Å²) in [5, 5.41) is 57.3. The van der Waals surface area contributed by atoms with Crippen LogP contribution in [0.15, 0.2) is 11.6 Å². The molecule has 0 saturated heterocycles. The van der Waals surface area contributed by atoms with Gasteiger partial charge in [0.05, 0.1) is 24.9 Å². The van der Waals surface area contributed by atoms with Crippen molar-refractivity contribution < 1.29 is 30.3 Å². The minimum Gasteiger partial charge on any atom is -0.394 e. The molecule has 5 N–H and O–H groups in total. The fourth-order valence-electron chi connectivity index (χ4n) is 14.4. The smallest absolute Gasteiger partial charge is 0.159 e. The van der Waals surface area contributed by atoms with Gasteiger partial charge in [0.15, 0.2) is 5.78 Å². The van der Waals surface area contributed by atoms with E-state index in [-0.39, 0.29) is 34.4 Å². The zero-order valence-corrected chi connectivity index (χ0v) is 27.7. The maximum Gasteiger partial charge on any atom is 0.159 e. The zero-order chi connectivity index (χ0) is 31.7. The summed E-state index contributed by atoms with van der Waals surface area (Å²) in [6.45, 7) is 10.7. The lowest BCUT2D eigenvalue weighted by atomic mass is 9.30. The number of hydrogen-bond donors (Lipinski definition) is 5. The van der Waals surface area contributed by atoms with Crippen molar-refractivity contribution in [2.24, 2.45) is 55.7 Å². The van der Waals surface area contributed by atoms with Crippen LogP contribution in [0.4, 0.5) is 0 Å². The summed E-state index contributed by atoms with van der Waals surface area (Å²) in [6, 6.07) is 0. The first kappa shape index (κ1) is 31.4. The SMILES string of the molecule is CC12CCC#CC(O)C3(C(O)CC4(C)C(=CC(=O)C5C6(C)CCC(O)C(C)(C(O)CO)C6CCC54C)C3C1)C1(CCCC1)C2. The Labute approximate surface area is 264 Å². The lowest BCUT2D eigenvalue weighted by Gasteiger charge is -2.74. The van der Waals surface area contributed by atoms with Crippen LogP contribution in [0.3, 0.4) is 0 Å². The predicted molar refractivity (Wildman–Crippen MR) is 168 cm³/mol. The van der Waals surface area contributed by atoms with Crippen molar-refractivity contribution in [3.63, 3.8) is 0 Å². The van der Waals surface area contributed by atoms with Crippen molar-refractivity contribution >= 4 is 5.78 Å². The molecule has 8 rings (SSSR count). The molecule has 0 aromatic rings. The van der Waals surface area contributed by atoms with Gasteiger partial charge in [-0.15, -0.1) is 5.92 Å². The number of carbonyl (C=O) groups excluding carboxylic acids is 1. The van der Waals surface area contributed by atoms with Crippen molar-refractivity contribution in [3.05, 3.63) is 11.6 Å². The molecule has 2 spiro atoms. The molecule has 6 heteroatoms. The van der Waals surface area contributed by atoms with Gasteiger partial charge in [-0.05, 0) is 109 Å². The molecule has 2 bridgehead atoms. The van der Waals surface area contributed by atoms with Gasteiger partial charge < -0.3 is 25.5 Å². The van der Waals surface area contributed by atoms with Gasteiger partial charge in [-0.3, -0.25) is 4.79 Å². The number of aliphatic hydroxyl groups is 5. The molecule has 5 saturated carbocycles. The van der Waals surface area contributed by atoms with Gasteiger partial charge in [0.25, 0.3) is 0 Å². The second-order valence-electron chi connectivity index (χ2n) is 18.0. The molecule has 0 aliphatic heterocycles. The minimum atomic E-state index is -1.07. The van der Waals surface area contributed by atoms with Crippen LogP contribution in [0.1, 0.15) is 118 Å². The van der Waals surface area contributed by atoms with Gasteiger partial charge in [0.2, 0.25) is 0 Å². The second-order valence-corrected chi connectivity index (χ2v) is 18.0. The maximum atomic E-state index is 14.9. The van der Waals surface area contributed by atoms with Crippen LogP contribution in [0.25, 0.3) is 0 Å². The molecule has 13 unspecified atom stereocenters. The summed E-state index contributed by atoms with van der Waals surface area (Å²) >= 11 is 0. The second kappa shape index (κ2) is 9.66. The molecule has 44 heavy (non-hydrogen) atoms. The summed E-state index contributed by atoms with van der Waals surface area (Å²) < 4.78 is 0. The van der Waals surface area contributed by atoms with E-state index in [0.29, 0.717) is 19.3 Å². The Balaban J connectivity index is 1.41. The number of allylic oxidation sites excluding steroid dienone is 2. The third kappa shape index (κ3) is 3.50. The number of aliphatic hydroxyl groups excluding tert-OH is 5. The van der Waals surface area contributed by atoms with Gasteiger partial charge in [-0.2, -0.15) is 0 Å². The van der Waals surface area contributed by atoms with Crippen molar-refractivity contribution in [2.75, 3.05) is 6.61 Å². The normalized spacial score (nSPS) is 54.8. The monoisotopic (exact) mass is 608 g/mol. The standard InChI is InChI=1S/C38H56O6/c1-32-13-7-6-10-28(42)38(37(22-32)14-8-9-15-37)24(19-32)23-18-25(40)31-33(2)16-12-27(41)36(5,30(44)21-39)26(33)11-17-34(31,3)35(23,4)20-29(38)43/h18,24,26-31,39,41-44H,7-9,11-17,19-22H2,1-5H3. The molecule has 8 aliphatic carbocycles. The lowest BCUT2D eigenvalue weighted by Crippen LogP contribution is -2.73. The fourth-order valence-corrected chi connectivity index (χ4v) is 14.4. The Morgan fingerprint density at radius 1 is 0.932 bits per heavy atom. The summed E-state index contributed by atoms with van der Waals surface area (Å²) in [7, 11) is 0. The van der Waals surface area contributed by atoms with E-state index in [9.17, 15) is 30.3 Å². The fraction of sp³-hybridized carbons (Fsp3) is 0.868. The molecular formula is C38H56O6. The first-order valence-electron chi connectivity index (χ1n) is 17.7. The Morgan fingerprint density at radius 3 is 2.32 bits per heavy atom. The molecule has 244 valence electrons. The Bertz CT molecular complexity index is 1320. The molecule has 0 radical (unpaired) electrons. The zero-order valence-electron chi connectivity index (χ0n) is 27.7. The van der Waals surface area contributed by atoms with Gasteiger partial charge in [-0.1, -0.05) is 59.0 Å². The minimum absolute atomic E-state index is 0.0300. The summed E-state index contributed by atoms with van der Waals surface area (Å²) in [5.74, 6) is 6.14. The van der Waals surface area contributed by atoms with E-state index in [0.717, 1.165) is 69.8 Å². The highest BCUT2D eigenvalue weighted by Crippen LogP contribution is 2.79. The van der Waals surface area contributed by atoms with Crippen molar-refractivity contribution in [3.8, 4) is 11.8 Å². The van der Waals surface area contributed by atoms with E-state index in [1.165, 1.54) is 0 Å². The van der Waals surface area contributed by atoms with Crippen molar-refractivity contribution in [2.45, 2.75) is 143 Å². The highest BCUT2D eigenvalue weighted by Gasteiger charge is 2.77. The first-order chi connectivity index (χ1) is 20.6. The molecule has 0 aromatic heterocycles. The third-order valence-electron chi connectivity index (χ3n) is 16.4. The molecule has 13 atom stereocenters. The van der Waals surface area contributed by atoms with Crippen LogP contribution in [-0.4, -0.2) is 62.3 Å². The van der Waals surface area contributed by atoms with E-state index in [1.807, 2.05) is 13.0 Å². The molecule has 0 aromatic carbocycles. The average Bonchev–Trinajstić information content (AvgIpc) is 3.44. The van der Waals surface area contributed by atoms with Crippen LogP contribution in [0.5, 0.6) is 0 Å². The van der Waals surface area contributed by atoms with Crippen LogP contribution in [-0.2, 0) is 4.79 Å². The Kier molecular flexibility index (Phi) is 6.89. The quantitative estimate of drug-likeness (QED) is 0.284. The van der Waals surface area contributed by atoms with Gasteiger partial charge in [0.1, 0.15) is 6.10 Å². The van der Waals surface area contributed by atoms with Crippen LogP contribution >= 0.6 is 0 Å². The molecule has 0 amide bonds. The molecule has 6 nitrogen and oxygen atoms in total. The van der Waals surface area contributed by atoms with Gasteiger partial charge in [0, 0.05) is 23.2 Å². The predicted octanol–water partition coefficient (Wildman–Crippen LogP) is 4.94. The molecular weight excluding hydrogens is 552 g/mol. The number of carbonyl (C=O) groups is 1. The van der Waals surface area contributed by atoms with Gasteiger partial charge in [-0.25, -0.2) is 0 Å². The highest BCUT2D eigenvalue weighted by molar-refractivity contribution is 5.95. The first-order valence-corrected chi connectivity index (χ1v) is 17.7. The maximum absolute atomic E-state index is 14.9. The van der Waals surface area contributed by atoms with E-state index < -0.39 is 58.1 Å².